The number of nitrogens with two attached hydrogens (primary N) is 1. The molecule has 0 aromatic heterocycles. The van der Waals surface area contributed by atoms with Crippen LogP contribution in [-0.4, -0.2) is 33.0 Å². The molecule has 0 spiro atoms. The number of hydrogen-bond donors (Lipinski definition) is 1. The molecule has 2 aromatic rings. The molecule has 0 saturated heterocycles. The van der Waals surface area contributed by atoms with Gasteiger partial charge in [0.25, 0.3) is 0 Å². The number of para-hydroxylation sites is 2. The molecule has 0 radical (unpaired) electrons. The van der Waals surface area contributed by atoms with Gasteiger partial charge in [-0.15, -0.1) is 0 Å². The molecule has 2 aromatic carbocycles. The van der Waals surface area contributed by atoms with Gasteiger partial charge < -0.3 is 24.7 Å². The molecule has 0 heterocycles. The van der Waals surface area contributed by atoms with Gasteiger partial charge in [0.05, 0.1) is 13.2 Å². The molecule has 2 N–H and O–H groups in total. The van der Waals surface area contributed by atoms with E-state index in [0.717, 1.165) is 11.3 Å². The molecule has 5 nitrogen and oxygen atoms in total. The Bertz CT molecular complexity index is 670. The zero-order chi connectivity index (χ0) is 19.0. The summed E-state index contributed by atoms with van der Waals surface area (Å²) in [6.45, 7) is 7.38. The Morgan fingerprint density at radius 3 is 2.08 bits per heavy atom. The van der Waals surface area contributed by atoms with Gasteiger partial charge >= 0.3 is 0 Å². The number of benzene rings is 2. The first-order valence-corrected chi connectivity index (χ1v) is 8.96. The van der Waals surface area contributed by atoms with Crippen LogP contribution in [0.25, 0.3) is 0 Å². The number of hydrogen-bond acceptors (Lipinski definition) is 5. The van der Waals surface area contributed by atoms with Gasteiger partial charge in [-0.25, -0.2) is 0 Å². The van der Waals surface area contributed by atoms with Gasteiger partial charge in [0.15, 0.2) is 17.1 Å². The van der Waals surface area contributed by atoms with Crippen molar-refractivity contribution in [2.45, 2.75) is 32.5 Å². The first-order chi connectivity index (χ1) is 12.6. The zero-order valence-corrected chi connectivity index (χ0v) is 16.0. The van der Waals surface area contributed by atoms with Gasteiger partial charge in [-0.3, -0.25) is 0 Å². The molecule has 0 saturated carbocycles. The van der Waals surface area contributed by atoms with E-state index < -0.39 is 5.60 Å². The van der Waals surface area contributed by atoms with Crippen LogP contribution in [0.4, 0.5) is 0 Å². The summed E-state index contributed by atoms with van der Waals surface area (Å²) in [5.41, 5.74) is 6.13. The van der Waals surface area contributed by atoms with Crippen molar-refractivity contribution in [3.05, 3.63) is 54.1 Å². The van der Waals surface area contributed by atoms with Gasteiger partial charge in [-0.05, 0) is 50.6 Å². The van der Waals surface area contributed by atoms with Gasteiger partial charge in [0.1, 0.15) is 11.9 Å². The van der Waals surface area contributed by atoms with Crippen molar-refractivity contribution in [2.24, 2.45) is 5.73 Å². The lowest BCUT2D eigenvalue weighted by molar-refractivity contribution is -0.0647. The van der Waals surface area contributed by atoms with Crippen LogP contribution in [0.2, 0.25) is 0 Å². The van der Waals surface area contributed by atoms with Gasteiger partial charge in [0, 0.05) is 13.7 Å². The van der Waals surface area contributed by atoms with E-state index in [-0.39, 0.29) is 6.10 Å². The summed E-state index contributed by atoms with van der Waals surface area (Å²) in [5, 5.41) is 0. The molecule has 2 unspecified atom stereocenters. The smallest absolute Gasteiger partial charge is 0.162 e. The highest BCUT2D eigenvalue weighted by Crippen LogP contribution is 2.37. The molecule has 0 amide bonds. The van der Waals surface area contributed by atoms with Crippen LogP contribution in [0.3, 0.4) is 0 Å². The lowest BCUT2D eigenvalue weighted by Gasteiger charge is -2.37. The summed E-state index contributed by atoms with van der Waals surface area (Å²) < 4.78 is 23.3. The summed E-state index contributed by atoms with van der Waals surface area (Å²) >= 11 is 0. The van der Waals surface area contributed by atoms with Crippen LogP contribution in [-0.2, 0) is 10.3 Å². The topological polar surface area (TPSA) is 62.9 Å². The van der Waals surface area contributed by atoms with Gasteiger partial charge in [-0.1, -0.05) is 24.3 Å². The highest BCUT2D eigenvalue weighted by Gasteiger charge is 2.39. The van der Waals surface area contributed by atoms with Crippen LogP contribution in [0.1, 0.15) is 26.3 Å². The minimum atomic E-state index is -0.790. The molecule has 0 aliphatic rings. The second-order valence-corrected chi connectivity index (χ2v) is 6.01. The molecule has 0 aliphatic carbocycles. The first kappa shape index (κ1) is 20.1. The second-order valence-electron chi connectivity index (χ2n) is 6.01. The van der Waals surface area contributed by atoms with E-state index in [1.807, 2.05) is 69.3 Å². The van der Waals surface area contributed by atoms with E-state index in [4.69, 9.17) is 24.7 Å². The molecule has 5 heteroatoms. The average Bonchev–Trinajstić information content (AvgIpc) is 2.65. The van der Waals surface area contributed by atoms with Crippen molar-refractivity contribution in [1.82, 2.24) is 0 Å². The third-order valence-electron chi connectivity index (χ3n) is 4.32. The lowest BCUT2D eigenvalue weighted by Crippen LogP contribution is -2.47. The maximum absolute atomic E-state index is 6.44. The Balaban J connectivity index is 2.42. The fourth-order valence-corrected chi connectivity index (χ4v) is 2.94. The predicted octanol–water partition coefficient (Wildman–Crippen LogP) is 3.75. The zero-order valence-electron chi connectivity index (χ0n) is 16.0. The SMILES string of the molecule is CCOc1ccc(C(C)(Oc2ccccc2OCC)C(CN)OC)cc1. The van der Waals surface area contributed by atoms with Gasteiger partial charge in [-0.2, -0.15) is 0 Å². The molecule has 0 bridgehead atoms. The van der Waals surface area contributed by atoms with Crippen molar-refractivity contribution in [1.29, 1.82) is 0 Å². The standard InChI is InChI=1S/C21H29NO4/c1-5-24-17-13-11-16(12-14-17)21(3,20(15-22)23-4)26-19-10-8-7-9-18(19)25-6-2/h7-14,20H,5-6,15,22H2,1-4H3. The minimum absolute atomic E-state index is 0.316. The van der Waals surface area contributed by atoms with Crippen LogP contribution in [0.5, 0.6) is 17.2 Å². The second kappa shape index (κ2) is 9.46. The van der Waals surface area contributed by atoms with Crippen molar-refractivity contribution in [3.63, 3.8) is 0 Å². The molecule has 2 rings (SSSR count). The van der Waals surface area contributed by atoms with E-state index in [1.54, 1.807) is 7.11 Å². The van der Waals surface area contributed by atoms with E-state index in [9.17, 15) is 0 Å². The summed E-state index contributed by atoms with van der Waals surface area (Å²) in [5.74, 6) is 2.16. The van der Waals surface area contributed by atoms with Crippen molar-refractivity contribution < 1.29 is 18.9 Å². The third kappa shape index (κ3) is 4.48. The fraction of sp³-hybridized carbons (Fsp3) is 0.429. The molecular weight excluding hydrogens is 330 g/mol. The molecule has 2 atom stereocenters. The normalized spacial score (nSPS) is 14.3. The number of methoxy groups -OCH3 is 1. The minimum Gasteiger partial charge on any atom is -0.494 e. The Kier molecular flexibility index (Phi) is 7.30. The first-order valence-electron chi connectivity index (χ1n) is 8.96. The monoisotopic (exact) mass is 359 g/mol. The van der Waals surface area contributed by atoms with Gasteiger partial charge in [0.2, 0.25) is 0 Å². The van der Waals surface area contributed by atoms with Crippen molar-refractivity contribution in [2.75, 3.05) is 26.9 Å². The molecule has 0 fully saturated rings. The summed E-state index contributed by atoms with van der Waals surface area (Å²) in [6.07, 6.45) is -0.338. The van der Waals surface area contributed by atoms with Crippen LogP contribution >= 0.6 is 0 Å². The largest absolute Gasteiger partial charge is 0.494 e. The highest BCUT2D eigenvalue weighted by molar-refractivity contribution is 5.41. The van der Waals surface area contributed by atoms with Crippen molar-refractivity contribution in [3.8, 4) is 17.2 Å². The molecule has 142 valence electrons. The quantitative estimate of drug-likeness (QED) is 0.700. The van der Waals surface area contributed by atoms with E-state index in [1.165, 1.54) is 0 Å². The fourth-order valence-electron chi connectivity index (χ4n) is 2.94. The predicted molar refractivity (Wildman–Crippen MR) is 103 cm³/mol. The highest BCUT2D eigenvalue weighted by atomic mass is 16.6. The Morgan fingerprint density at radius 2 is 1.54 bits per heavy atom. The van der Waals surface area contributed by atoms with E-state index in [0.29, 0.717) is 31.3 Å². The van der Waals surface area contributed by atoms with E-state index >= 15 is 0 Å². The maximum Gasteiger partial charge on any atom is 0.162 e. The summed E-state index contributed by atoms with van der Waals surface area (Å²) in [6, 6.07) is 15.4. The summed E-state index contributed by atoms with van der Waals surface area (Å²) in [4.78, 5) is 0. The Labute approximate surface area is 156 Å². The number of ether oxygens (including phenoxy) is 4. The Morgan fingerprint density at radius 1 is 0.923 bits per heavy atom. The Hall–Kier alpha value is -2.24. The molecule has 0 aliphatic heterocycles. The van der Waals surface area contributed by atoms with Crippen LogP contribution in [0, 0.1) is 0 Å². The van der Waals surface area contributed by atoms with Crippen LogP contribution < -0.4 is 19.9 Å². The maximum atomic E-state index is 6.44. The average molecular weight is 359 g/mol. The van der Waals surface area contributed by atoms with E-state index in [2.05, 4.69) is 0 Å². The molecular formula is C21H29NO4. The molecule has 26 heavy (non-hydrogen) atoms. The number of rotatable bonds is 10. The summed E-state index contributed by atoms with van der Waals surface area (Å²) in [7, 11) is 1.64. The lowest BCUT2D eigenvalue weighted by atomic mass is 9.89. The van der Waals surface area contributed by atoms with Crippen molar-refractivity contribution >= 4 is 0 Å². The third-order valence-corrected chi connectivity index (χ3v) is 4.32. The van der Waals surface area contributed by atoms with Crippen LogP contribution in [0.15, 0.2) is 48.5 Å².